The van der Waals surface area contributed by atoms with Crippen molar-refractivity contribution in [3.63, 3.8) is 0 Å². The van der Waals surface area contributed by atoms with E-state index in [1.54, 1.807) is 19.2 Å². The molecule has 1 aromatic carbocycles. The fourth-order valence-corrected chi connectivity index (χ4v) is 1.27. The number of rotatable bonds is 3. The average Bonchev–Trinajstić information content (AvgIpc) is 2.35. The van der Waals surface area contributed by atoms with E-state index in [0.29, 0.717) is 0 Å². The molecule has 1 aromatic heterocycles. The topological polar surface area (TPSA) is 49.8 Å². The Balaban J connectivity index is 2.32. The Morgan fingerprint density at radius 3 is 2.59 bits per heavy atom. The number of para-hydroxylation sites is 1. The van der Waals surface area contributed by atoms with Crippen LogP contribution in [0.25, 0.3) is 0 Å². The summed E-state index contributed by atoms with van der Waals surface area (Å²) < 4.78 is 26.7. The van der Waals surface area contributed by atoms with Gasteiger partial charge in [0.1, 0.15) is 5.82 Å². The number of hydrogen-bond acceptors (Lipinski definition) is 4. The lowest BCUT2D eigenvalue weighted by molar-refractivity contribution is 0.616. The molecular formula is C11H10F2N4. The van der Waals surface area contributed by atoms with E-state index in [1.807, 2.05) is 0 Å². The molecule has 0 unspecified atom stereocenters. The molecule has 0 aliphatic carbocycles. The summed E-state index contributed by atoms with van der Waals surface area (Å²) in [4.78, 5) is 7.54. The maximum absolute atomic E-state index is 13.4. The van der Waals surface area contributed by atoms with Crippen molar-refractivity contribution in [1.82, 2.24) is 9.97 Å². The first kappa shape index (κ1) is 11.3. The third-order valence-corrected chi connectivity index (χ3v) is 2.09. The molecule has 0 saturated carbocycles. The number of nitrogens with one attached hydrogen (secondary N) is 2. The van der Waals surface area contributed by atoms with Crippen LogP contribution in [0.4, 0.5) is 26.2 Å². The number of hydrogen-bond donors (Lipinski definition) is 2. The van der Waals surface area contributed by atoms with Crippen LogP contribution in [0.15, 0.2) is 30.5 Å². The van der Waals surface area contributed by atoms with Crippen LogP contribution in [0.5, 0.6) is 0 Å². The summed E-state index contributed by atoms with van der Waals surface area (Å²) >= 11 is 0. The van der Waals surface area contributed by atoms with Crippen molar-refractivity contribution in [1.29, 1.82) is 0 Å². The van der Waals surface area contributed by atoms with Gasteiger partial charge in [-0.1, -0.05) is 12.1 Å². The first-order valence-corrected chi connectivity index (χ1v) is 4.92. The van der Waals surface area contributed by atoms with Crippen molar-refractivity contribution in [3.05, 3.63) is 42.1 Å². The van der Waals surface area contributed by atoms with Crippen LogP contribution in [-0.2, 0) is 0 Å². The summed E-state index contributed by atoms with van der Waals surface area (Å²) in [6.07, 6.45) is 1.02. The molecule has 17 heavy (non-hydrogen) atoms. The van der Waals surface area contributed by atoms with E-state index in [4.69, 9.17) is 0 Å². The molecule has 2 aromatic rings. The third kappa shape index (κ3) is 2.47. The van der Waals surface area contributed by atoms with E-state index in [-0.39, 0.29) is 17.5 Å². The highest BCUT2D eigenvalue weighted by atomic mass is 19.1. The average molecular weight is 236 g/mol. The molecule has 1 heterocycles. The Morgan fingerprint density at radius 1 is 1.12 bits per heavy atom. The largest absolute Gasteiger partial charge is 0.357 e. The molecule has 88 valence electrons. The minimum absolute atomic E-state index is 0.0746. The minimum Gasteiger partial charge on any atom is -0.357 e. The molecule has 2 rings (SSSR count). The van der Waals surface area contributed by atoms with Crippen molar-refractivity contribution in [2.45, 2.75) is 0 Å². The van der Waals surface area contributed by atoms with Gasteiger partial charge in [-0.05, 0) is 12.1 Å². The fourth-order valence-electron chi connectivity index (χ4n) is 1.27. The molecular weight excluding hydrogens is 226 g/mol. The summed E-state index contributed by atoms with van der Waals surface area (Å²) in [5.41, 5.74) is 0.159. The quantitative estimate of drug-likeness (QED) is 0.859. The van der Waals surface area contributed by atoms with Gasteiger partial charge in [0.15, 0.2) is 11.6 Å². The normalized spacial score (nSPS) is 10.1. The van der Waals surface area contributed by atoms with Gasteiger partial charge in [-0.15, -0.1) is 0 Å². The molecule has 0 radical (unpaired) electrons. The number of benzene rings is 1. The maximum atomic E-state index is 13.4. The molecule has 0 spiro atoms. The van der Waals surface area contributed by atoms with Crippen LogP contribution in [0, 0.1) is 11.6 Å². The Labute approximate surface area is 96.7 Å². The molecule has 4 nitrogen and oxygen atoms in total. The van der Waals surface area contributed by atoms with E-state index in [1.165, 1.54) is 12.1 Å². The van der Waals surface area contributed by atoms with Crippen molar-refractivity contribution < 1.29 is 8.78 Å². The zero-order valence-corrected chi connectivity index (χ0v) is 9.04. The SMILES string of the molecule is CNc1ncc(F)c(Nc2ccccc2F)n1. The molecule has 0 aliphatic rings. The summed E-state index contributed by atoms with van der Waals surface area (Å²) in [5.74, 6) is -0.941. The summed E-state index contributed by atoms with van der Waals surface area (Å²) in [5, 5.41) is 5.25. The Kier molecular flexibility index (Phi) is 3.13. The third-order valence-electron chi connectivity index (χ3n) is 2.09. The van der Waals surface area contributed by atoms with Gasteiger partial charge in [-0.25, -0.2) is 13.8 Å². The number of anilines is 3. The van der Waals surface area contributed by atoms with Crippen LogP contribution < -0.4 is 10.6 Å². The zero-order valence-electron chi connectivity index (χ0n) is 9.04. The zero-order chi connectivity index (χ0) is 12.3. The van der Waals surface area contributed by atoms with Crippen LogP contribution in [0.1, 0.15) is 0 Å². The lowest BCUT2D eigenvalue weighted by atomic mass is 10.3. The van der Waals surface area contributed by atoms with Crippen LogP contribution in [0.3, 0.4) is 0 Å². The van der Waals surface area contributed by atoms with E-state index < -0.39 is 11.6 Å². The van der Waals surface area contributed by atoms with Gasteiger partial charge < -0.3 is 10.6 Å². The van der Waals surface area contributed by atoms with Gasteiger partial charge in [0, 0.05) is 7.05 Å². The Bertz CT molecular complexity index is 531. The summed E-state index contributed by atoms with van der Waals surface area (Å²) in [7, 11) is 1.61. The molecule has 6 heteroatoms. The van der Waals surface area contributed by atoms with Crippen molar-refractivity contribution in [2.24, 2.45) is 0 Å². The second kappa shape index (κ2) is 4.73. The fraction of sp³-hybridized carbons (Fsp3) is 0.0909. The second-order valence-corrected chi connectivity index (χ2v) is 3.24. The summed E-state index contributed by atoms with van der Waals surface area (Å²) in [6.45, 7) is 0. The first-order chi connectivity index (χ1) is 8.20. The lowest BCUT2D eigenvalue weighted by Gasteiger charge is -2.08. The van der Waals surface area contributed by atoms with Gasteiger partial charge >= 0.3 is 0 Å². The van der Waals surface area contributed by atoms with E-state index >= 15 is 0 Å². The van der Waals surface area contributed by atoms with Gasteiger partial charge in [0.25, 0.3) is 0 Å². The standard InChI is InChI=1S/C11H10F2N4/c1-14-11-15-6-8(13)10(17-11)16-9-5-3-2-4-7(9)12/h2-6H,1H3,(H2,14,15,16,17). The van der Waals surface area contributed by atoms with E-state index in [9.17, 15) is 8.78 Å². The predicted octanol–water partition coefficient (Wildman–Crippen LogP) is 2.54. The lowest BCUT2D eigenvalue weighted by Crippen LogP contribution is -2.03. The molecule has 0 fully saturated rings. The van der Waals surface area contributed by atoms with Gasteiger partial charge in [0.05, 0.1) is 11.9 Å². The number of aromatic nitrogens is 2. The van der Waals surface area contributed by atoms with Crippen LogP contribution in [0.2, 0.25) is 0 Å². The highest BCUT2D eigenvalue weighted by molar-refractivity contribution is 5.57. The monoisotopic (exact) mass is 236 g/mol. The maximum Gasteiger partial charge on any atom is 0.224 e. The summed E-state index contributed by atoms with van der Waals surface area (Å²) in [6, 6.07) is 5.97. The highest BCUT2D eigenvalue weighted by Crippen LogP contribution is 2.20. The predicted molar refractivity (Wildman–Crippen MR) is 61.2 cm³/mol. The molecule has 0 saturated heterocycles. The first-order valence-electron chi connectivity index (χ1n) is 4.92. The van der Waals surface area contributed by atoms with Gasteiger partial charge in [0.2, 0.25) is 5.95 Å². The highest BCUT2D eigenvalue weighted by Gasteiger charge is 2.08. The molecule has 0 bridgehead atoms. The van der Waals surface area contributed by atoms with Crippen LogP contribution >= 0.6 is 0 Å². The molecule has 0 aliphatic heterocycles. The smallest absolute Gasteiger partial charge is 0.224 e. The number of nitrogens with zero attached hydrogens (tertiary/aromatic N) is 2. The molecule has 2 N–H and O–H groups in total. The number of halogens is 2. The van der Waals surface area contributed by atoms with Crippen molar-refractivity contribution in [3.8, 4) is 0 Å². The van der Waals surface area contributed by atoms with Gasteiger partial charge in [-0.3, -0.25) is 0 Å². The minimum atomic E-state index is -0.646. The van der Waals surface area contributed by atoms with Gasteiger partial charge in [-0.2, -0.15) is 4.98 Å². The molecule has 0 atom stereocenters. The second-order valence-electron chi connectivity index (χ2n) is 3.24. The Morgan fingerprint density at radius 2 is 1.88 bits per heavy atom. The van der Waals surface area contributed by atoms with Crippen molar-refractivity contribution in [2.75, 3.05) is 17.7 Å². The van der Waals surface area contributed by atoms with E-state index in [2.05, 4.69) is 20.6 Å². The van der Waals surface area contributed by atoms with E-state index in [0.717, 1.165) is 6.20 Å². The van der Waals surface area contributed by atoms with Crippen LogP contribution in [-0.4, -0.2) is 17.0 Å². The molecule has 0 amide bonds. The van der Waals surface area contributed by atoms with Crippen molar-refractivity contribution >= 4 is 17.5 Å². The Hall–Kier alpha value is -2.24.